The summed E-state index contributed by atoms with van der Waals surface area (Å²) in [5.41, 5.74) is 1.45. The van der Waals surface area contributed by atoms with Crippen LogP contribution in [0, 0.1) is 0 Å². The molecule has 120 valence electrons. The molecule has 0 aromatic heterocycles. The summed E-state index contributed by atoms with van der Waals surface area (Å²) in [4.78, 5) is 21.8. The zero-order chi connectivity index (χ0) is 16.3. The van der Waals surface area contributed by atoms with Crippen LogP contribution in [0.3, 0.4) is 0 Å². The van der Waals surface area contributed by atoms with Crippen LogP contribution in [0.25, 0.3) is 0 Å². The van der Waals surface area contributed by atoms with Gasteiger partial charge in [-0.15, -0.1) is 0 Å². The van der Waals surface area contributed by atoms with Crippen molar-refractivity contribution in [3.05, 3.63) is 29.3 Å². The average molecular weight is 317 g/mol. The quantitative estimate of drug-likeness (QED) is 0.869. The maximum absolute atomic E-state index is 12.2. The summed E-state index contributed by atoms with van der Waals surface area (Å²) in [6.07, 6.45) is -4.70. The van der Waals surface area contributed by atoms with Crippen LogP contribution in [-0.2, 0) is 16.0 Å². The first-order valence-corrected chi connectivity index (χ1v) is 6.60. The lowest BCUT2D eigenvalue weighted by molar-refractivity contribution is -0.173. The lowest BCUT2D eigenvalue weighted by atomic mass is 9.93. The van der Waals surface area contributed by atoms with Gasteiger partial charge < -0.3 is 15.2 Å². The maximum atomic E-state index is 12.2. The van der Waals surface area contributed by atoms with E-state index in [1.54, 1.807) is 23.5 Å². The number of rotatable bonds is 5. The highest BCUT2D eigenvalue weighted by Gasteiger charge is 2.38. The SMILES string of the molecule is O=C(O)CC(CNC(=O)C(F)(F)F)c1ccc2c(c1)CCO2. The van der Waals surface area contributed by atoms with Gasteiger partial charge in [-0.3, -0.25) is 9.59 Å². The standard InChI is InChI=1S/C14H14F3NO4/c15-14(16,17)13(21)18-7-10(6-12(19)20)8-1-2-11-9(5-8)3-4-22-11/h1-2,5,10H,3-4,6-7H2,(H,18,21)(H,19,20). The van der Waals surface area contributed by atoms with Crippen molar-refractivity contribution >= 4 is 11.9 Å². The van der Waals surface area contributed by atoms with Crippen LogP contribution in [0.5, 0.6) is 5.75 Å². The van der Waals surface area contributed by atoms with E-state index in [2.05, 4.69) is 0 Å². The molecule has 22 heavy (non-hydrogen) atoms. The minimum atomic E-state index is -4.99. The van der Waals surface area contributed by atoms with Crippen LogP contribution in [0.2, 0.25) is 0 Å². The van der Waals surface area contributed by atoms with Crippen molar-refractivity contribution in [2.45, 2.75) is 24.9 Å². The molecule has 0 aliphatic carbocycles. The molecule has 1 aromatic carbocycles. The zero-order valence-electron chi connectivity index (χ0n) is 11.4. The van der Waals surface area contributed by atoms with Gasteiger partial charge in [0.1, 0.15) is 5.75 Å². The fourth-order valence-electron chi connectivity index (χ4n) is 2.30. The molecule has 2 rings (SSSR count). The molecule has 1 aliphatic rings. The van der Waals surface area contributed by atoms with Gasteiger partial charge in [-0.05, 0) is 17.2 Å². The number of fused-ring (bicyclic) bond motifs is 1. The first-order valence-electron chi connectivity index (χ1n) is 6.60. The fourth-order valence-corrected chi connectivity index (χ4v) is 2.30. The van der Waals surface area contributed by atoms with Gasteiger partial charge in [0.15, 0.2) is 0 Å². The first kappa shape index (κ1) is 16.1. The Morgan fingerprint density at radius 3 is 2.73 bits per heavy atom. The molecule has 1 atom stereocenters. The molecule has 1 aliphatic heterocycles. The second-order valence-electron chi connectivity index (χ2n) is 4.97. The Hall–Kier alpha value is -2.25. The van der Waals surface area contributed by atoms with Crippen molar-refractivity contribution < 1.29 is 32.6 Å². The Morgan fingerprint density at radius 1 is 1.36 bits per heavy atom. The van der Waals surface area contributed by atoms with E-state index in [0.717, 1.165) is 5.56 Å². The molecule has 0 spiro atoms. The largest absolute Gasteiger partial charge is 0.493 e. The highest BCUT2D eigenvalue weighted by molar-refractivity contribution is 5.81. The molecule has 1 amide bonds. The number of carboxylic acids is 1. The van der Waals surface area contributed by atoms with Crippen molar-refractivity contribution in [1.82, 2.24) is 5.32 Å². The molecular formula is C14H14F3NO4. The third kappa shape index (κ3) is 3.90. The highest BCUT2D eigenvalue weighted by Crippen LogP contribution is 2.30. The zero-order valence-corrected chi connectivity index (χ0v) is 11.4. The summed E-state index contributed by atoms with van der Waals surface area (Å²) < 4.78 is 41.9. The van der Waals surface area contributed by atoms with E-state index >= 15 is 0 Å². The van der Waals surface area contributed by atoms with E-state index in [9.17, 15) is 22.8 Å². The van der Waals surface area contributed by atoms with Gasteiger partial charge in [0.2, 0.25) is 0 Å². The fraction of sp³-hybridized carbons (Fsp3) is 0.429. The van der Waals surface area contributed by atoms with E-state index in [0.29, 0.717) is 24.3 Å². The summed E-state index contributed by atoms with van der Waals surface area (Å²) in [7, 11) is 0. The molecule has 2 N–H and O–H groups in total. The topological polar surface area (TPSA) is 75.6 Å². The number of hydrogen-bond donors (Lipinski definition) is 2. The molecule has 0 saturated heterocycles. The number of benzene rings is 1. The van der Waals surface area contributed by atoms with Gasteiger partial charge >= 0.3 is 18.1 Å². The number of ether oxygens (including phenoxy) is 1. The van der Waals surface area contributed by atoms with Crippen LogP contribution < -0.4 is 10.1 Å². The normalized spacial score (nSPS) is 14.9. The van der Waals surface area contributed by atoms with Crippen molar-refractivity contribution in [1.29, 1.82) is 0 Å². The lowest BCUT2D eigenvalue weighted by Crippen LogP contribution is -2.39. The monoisotopic (exact) mass is 317 g/mol. The number of nitrogens with one attached hydrogen (secondary N) is 1. The molecule has 5 nitrogen and oxygen atoms in total. The Balaban J connectivity index is 2.12. The Kier molecular flexibility index (Phi) is 4.58. The number of alkyl halides is 3. The molecule has 0 bridgehead atoms. The summed E-state index contributed by atoms with van der Waals surface area (Å²) >= 11 is 0. The number of carbonyl (C=O) groups excluding carboxylic acids is 1. The summed E-state index contributed by atoms with van der Waals surface area (Å²) in [6, 6.07) is 4.99. The third-order valence-electron chi connectivity index (χ3n) is 3.37. The number of carbonyl (C=O) groups is 2. The minimum Gasteiger partial charge on any atom is -0.493 e. The number of hydrogen-bond acceptors (Lipinski definition) is 3. The van der Waals surface area contributed by atoms with Crippen molar-refractivity contribution in [2.75, 3.05) is 13.2 Å². The average Bonchev–Trinajstić information content (AvgIpc) is 2.88. The van der Waals surface area contributed by atoms with E-state index in [-0.39, 0.29) is 6.42 Å². The van der Waals surface area contributed by atoms with Crippen molar-refractivity contribution in [3.8, 4) is 5.75 Å². The Labute approximate surface area is 124 Å². The van der Waals surface area contributed by atoms with Gasteiger partial charge in [-0.1, -0.05) is 12.1 Å². The molecule has 0 fully saturated rings. The van der Waals surface area contributed by atoms with Crippen molar-refractivity contribution in [2.24, 2.45) is 0 Å². The van der Waals surface area contributed by atoms with Gasteiger partial charge in [0.05, 0.1) is 13.0 Å². The van der Waals surface area contributed by atoms with Crippen LogP contribution >= 0.6 is 0 Å². The second kappa shape index (κ2) is 6.25. The van der Waals surface area contributed by atoms with Crippen LogP contribution in [0.1, 0.15) is 23.5 Å². The van der Waals surface area contributed by atoms with E-state index in [1.807, 2.05) is 0 Å². The van der Waals surface area contributed by atoms with E-state index < -0.39 is 30.5 Å². The van der Waals surface area contributed by atoms with Gasteiger partial charge in [0.25, 0.3) is 0 Å². The number of amides is 1. The van der Waals surface area contributed by atoms with Crippen molar-refractivity contribution in [3.63, 3.8) is 0 Å². The third-order valence-corrected chi connectivity index (χ3v) is 3.37. The number of halogens is 3. The predicted octanol–water partition coefficient (Wildman–Crippen LogP) is 1.86. The highest BCUT2D eigenvalue weighted by atomic mass is 19.4. The molecule has 1 aromatic rings. The van der Waals surface area contributed by atoms with Gasteiger partial charge in [-0.2, -0.15) is 13.2 Å². The van der Waals surface area contributed by atoms with Crippen LogP contribution in [0.15, 0.2) is 18.2 Å². The number of carboxylic acid groups (broad SMARTS) is 1. The second-order valence-corrected chi connectivity index (χ2v) is 4.97. The predicted molar refractivity (Wildman–Crippen MR) is 69.7 cm³/mol. The maximum Gasteiger partial charge on any atom is 0.471 e. The molecule has 0 radical (unpaired) electrons. The molecular weight excluding hydrogens is 303 g/mol. The lowest BCUT2D eigenvalue weighted by Gasteiger charge is -2.17. The summed E-state index contributed by atoms with van der Waals surface area (Å²) in [5, 5.41) is 10.6. The number of aliphatic carboxylic acids is 1. The summed E-state index contributed by atoms with van der Waals surface area (Å²) in [5.74, 6) is -3.28. The minimum absolute atomic E-state index is 0.377. The van der Waals surface area contributed by atoms with E-state index in [1.165, 1.54) is 0 Å². The van der Waals surface area contributed by atoms with Gasteiger partial charge in [-0.25, -0.2) is 0 Å². The molecule has 1 heterocycles. The van der Waals surface area contributed by atoms with E-state index in [4.69, 9.17) is 9.84 Å². The van der Waals surface area contributed by atoms with Crippen LogP contribution in [-0.4, -0.2) is 36.3 Å². The molecule has 8 heteroatoms. The van der Waals surface area contributed by atoms with Crippen LogP contribution in [0.4, 0.5) is 13.2 Å². The smallest absolute Gasteiger partial charge is 0.471 e. The molecule has 1 unspecified atom stereocenters. The Bertz CT molecular complexity index is 586. The Morgan fingerprint density at radius 2 is 2.09 bits per heavy atom. The van der Waals surface area contributed by atoms with Gasteiger partial charge in [0, 0.05) is 18.9 Å². The summed E-state index contributed by atoms with van der Waals surface area (Å²) in [6.45, 7) is 0.123. The first-order chi connectivity index (χ1) is 10.3. The molecule has 0 saturated carbocycles.